The van der Waals surface area contributed by atoms with Crippen LogP contribution in [0.1, 0.15) is 11.1 Å². The molecule has 0 fully saturated rings. The van der Waals surface area contributed by atoms with Gasteiger partial charge in [-0.1, -0.05) is 91.0 Å². The van der Waals surface area contributed by atoms with E-state index in [4.69, 9.17) is 9.40 Å². The molecule has 176 valence electrons. The lowest BCUT2D eigenvalue weighted by Crippen LogP contribution is -1.90. The standard InChI is InChI=1S/C35H25NO/c1-22-20-31-32(21-23(22)2)37-35(36-31)26-18-16-25(17-19-26)34-29-14-8-6-12-27(29)33(24-10-4-3-5-11-24)28-13-7-9-15-30(28)34/h3-21H,1-2H3. The van der Waals surface area contributed by atoms with Crippen LogP contribution in [0.2, 0.25) is 0 Å². The molecule has 2 heteroatoms. The van der Waals surface area contributed by atoms with E-state index in [1.807, 2.05) is 0 Å². The molecule has 0 aliphatic heterocycles. The average molecular weight is 476 g/mol. The van der Waals surface area contributed by atoms with E-state index in [0.717, 1.165) is 16.7 Å². The van der Waals surface area contributed by atoms with Crippen LogP contribution in [-0.2, 0) is 0 Å². The van der Waals surface area contributed by atoms with Gasteiger partial charge in [0, 0.05) is 5.56 Å². The van der Waals surface area contributed by atoms with Gasteiger partial charge in [0.15, 0.2) is 5.58 Å². The van der Waals surface area contributed by atoms with Gasteiger partial charge in [-0.25, -0.2) is 4.98 Å². The van der Waals surface area contributed by atoms with Gasteiger partial charge in [-0.15, -0.1) is 0 Å². The van der Waals surface area contributed by atoms with E-state index in [2.05, 4.69) is 129 Å². The van der Waals surface area contributed by atoms with Gasteiger partial charge in [0.05, 0.1) is 0 Å². The van der Waals surface area contributed by atoms with Gasteiger partial charge in [-0.05, 0) is 93.0 Å². The Labute approximate surface area is 215 Å². The van der Waals surface area contributed by atoms with Crippen molar-refractivity contribution >= 4 is 32.6 Å². The highest BCUT2D eigenvalue weighted by Gasteiger charge is 2.17. The molecule has 1 aromatic heterocycles. The molecule has 0 spiro atoms. The molecule has 0 N–H and O–H groups in total. The second-order valence-corrected chi connectivity index (χ2v) is 9.71. The summed E-state index contributed by atoms with van der Waals surface area (Å²) in [4.78, 5) is 4.77. The highest BCUT2D eigenvalue weighted by molar-refractivity contribution is 6.21. The third-order valence-electron chi connectivity index (χ3n) is 7.42. The summed E-state index contributed by atoms with van der Waals surface area (Å²) in [6, 6.07) is 41.0. The lowest BCUT2D eigenvalue weighted by Gasteiger charge is -2.17. The molecular formula is C35H25NO. The Morgan fingerprint density at radius 1 is 0.486 bits per heavy atom. The first-order chi connectivity index (χ1) is 18.2. The predicted octanol–water partition coefficient (Wildman–Crippen LogP) is 9.75. The molecule has 2 nitrogen and oxygen atoms in total. The lowest BCUT2D eigenvalue weighted by atomic mass is 9.86. The number of oxazole rings is 1. The van der Waals surface area contributed by atoms with E-state index in [-0.39, 0.29) is 0 Å². The van der Waals surface area contributed by atoms with Crippen molar-refractivity contribution in [2.24, 2.45) is 0 Å². The second kappa shape index (κ2) is 8.46. The van der Waals surface area contributed by atoms with Crippen LogP contribution in [0.5, 0.6) is 0 Å². The van der Waals surface area contributed by atoms with Crippen LogP contribution >= 0.6 is 0 Å². The third kappa shape index (κ3) is 3.53. The molecule has 0 amide bonds. The van der Waals surface area contributed by atoms with Crippen LogP contribution in [0.3, 0.4) is 0 Å². The van der Waals surface area contributed by atoms with E-state index in [0.29, 0.717) is 5.89 Å². The molecular weight excluding hydrogens is 450 g/mol. The van der Waals surface area contributed by atoms with Crippen molar-refractivity contribution in [1.29, 1.82) is 0 Å². The summed E-state index contributed by atoms with van der Waals surface area (Å²) < 4.78 is 6.13. The molecule has 0 radical (unpaired) electrons. The van der Waals surface area contributed by atoms with Gasteiger partial charge in [-0.2, -0.15) is 0 Å². The Balaban J connectivity index is 1.43. The molecule has 1 heterocycles. The zero-order chi connectivity index (χ0) is 24.9. The van der Waals surface area contributed by atoms with Gasteiger partial charge in [0.2, 0.25) is 5.89 Å². The highest BCUT2D eigenvalue weighted by Crippen LogP contribution is 2.43. The fraction of sp³-hybridized carbons (Fsp3) is 0.0571. The van der Waals surface area contributed by atoms with Crippen LogP contribution in [0.25, 0.3) is 66.4 Å². The van der Waals surface area contributed by atoms with Crippen LogP contribution < -0.4 is 0 Å². The van der Waals surface area contributed by atoms with E-state index in [9.17, 15) is 0 Å². The summed E-state index contributed by atoms with van der Waals surface area (Å²) in [6.07, 6.45) is 0. The lowest BCUT2D eigenvalue weighted by molar-refractivity contribution is 0.619. The minimum atomic E-state index is 0.653. The van der Waals surface area contributed by atoms with Crippen molar-refractivity contribution in [2.75, 3.05) is 0 Å². The van der Waals surface area contributed by atoms with E-state index < -0.39 is 0 Å². The molecule has 0 aliphatic carbocycles. The molecule has 0 saturated heterocycles. The van der Waals surface area contributed by atoms with Crippen molar-refractivity contribution in [3.8, 4) is 33.7 Å². The normalized spacial score (nSPS) is 11.5. The fourth-order valence-corrected chi connectivity index (χ4v) is 5.44. The molecule has 7 rings (SSSR count). The average Bonchev–Trinajstić information content (AvgIpc) is 3.35. The number of hydrogen-bond acceptors (Lipinski definition) is 2. The molecule has 37 heavy (non-hydrogen) atoms. The van der Waals surface area contributed by atoms with Gasteiger partial charge < -0.3 is 4.42 Å². The Hall–Kier alpha value is -4.69. The fourth-order valence-electron chi connectivity index (χ4n) is 5.44. The molecule has 7 aromatic rings. The molecule has 0 saturated carbocycles. The minimum absolute atomic E-state index is 0.653. The smallest absolute Gasteiger partial charge is 0.227 e. The summed E-state index contributed by atoms with van der Waals surface area (Å²) in [7, 11) is 0. The van der Waals surface area contributed by atoms with E-state index in [1.54, 1.807) is 0 Å². The van der Waals surface area contributed by atoms with Crippen molar-refractivity contribution < 1.29 is 4.42 Å². The maximum absolute atomic E-state index is 6.13. The summed E-state index contributed by atoms with van der Waals surface area (Å²) in [6.45, 7) is 4.21. The Morgan fingerprint density at radius 3 is 1.51 bits per heavy atom. The highest BCUT2D eigenvalue weighted by atomic mass is 16.3. The quantitative estimate of drug-likeness (QED) is 0.238. The SMILES string of the molecule is Cc1cc2nc(-c3ccc(-c4c5ccccc5c(-c5ccccc5)c5ccccc45)cc3)oc2cc1C. The van der Waals surface area contributed by atoms with E-state index >= 15 is 0 Å². The number of benzene rings is 6. The zero-order valence-electron chi connectivity index (χ0n) is 20.8. The summed E-state index contributed by atoms with van der Waals surface area (Å²) in [5.41, 5.74) is 10.1. The number of aryl methyl sites for hydroxylation is 2. The Morgan fingerprint density at radius 2 is 0.946 bits per heavy atom. The van der Waals surface area contributed by atoms with Crippen LogP contribution in [0.4, 0.5) is 0 Å². The molecule has 0 atom stereocenters. The Kier molecular flexibility index (Phi) is 4.93. The van der Waals surface area contributed by atoms with Crippen molar-refractivity contribution in [3.63, 3.8) is 0 Å². The minimum Gasteiger partial charge on any atom is -0.436 e. The van der Waals surface area contributed by atoms with Crippen LogP contribution in [-0.4, -0.2) is 4.98 Å². The third-order valence-corrected chi connectivity index (χ3v) is 7.42. The molecule has 0 unspecified atom stereocenters. The maximum atomic E-state index is 6.13. The Bertz CT molecular complexity index is 1830. The van der Waals surface area contributed by atoms with Crippen LogP contribution in [0.15, 0.2) is 120 Å². The van der Waals surface area contributed by atoms with Crippen molar-refractivity contribution in [1.82, 2.24) is 4.98 Å². The van der Waals surface area contributed by atoms with Crippen molar-refractivity contribution in [3.05, 3.63) is 126 Å². The molecule has 0 bridgehead atoms. The summed E-state index contributed by atoms with van der Waals surface area (Å²) >= 11 is 0. The van der Waals surface area contributed by atoms with E-state index in [1.165, 1.54) is 54.9 Å². The molecule has 6 aromatic carbocycles. The number of fused-ring (bicyclic) bond motifs is 3. The van der Waals surface area contributed by atoms with Gasteiger partial charge in [0.25, 0.3) is 0 Å². The maximum Gasteiger partial charge on any atom is 0.227 e. The number of hydrogen-bond donors (Lipinski definition) is 0. The van der Waals surface area contributed by atoms with Crippen molar-refractivity contribution in [2.45, 2.75) is 13.8 Å². The number of aromatic nitrogens is 1. The summed E-state index contributed by atoms with van der Waals surface area (Å²) in [5, 5.41) is 5.02. The molecule has 0 aliphatic rings. The van der Waals surface area contributed by atoms with Crippen LogP contribution in [0, 0.1) is 13.8 Å². The second-order valence-electron chi connectivity index (χ2n) is 9.71. The number of rotatable bonds is 3. The monoisotopic (exact) mass is 475 g/mol. The first-order valence-corrected chi connectivity index (χ1v) is 12.6. The first kappa shape index (κ1) is 21.6. The largest absolute Gasteiger partial charge is 0.436 e. The first-order valence-electron chi connectivity index (χ1n) is 12.6. The van der Waals surface area contributed by atoms with Gasteiger partial charge in [0.1, 0.15) is 5.52 Å². The predicted molar refractivity (Wildman–Crippen MR) is 155 cm³/mol. The zero-order valence-corrected chi connectivity index (χ0v) is 20.8. The number of nitrogens with zero attached hydrogens (tertiary/aromatic N) is 1. The summed E-state index contributed by atoms with van der Waals surface area (Å²) in [5.74, 6) is 0.653. The van der Waals surface area contributed by atoms with Gasteiger partial charge >= 0.3 is 0 Å². The topological polar surface area (TPSA) is 26.0 Å². The van der Waals surface area contributed by atoms with Gasteiger partial charge in [-0.3, -0.25) is 0 Å².